The summed E-state index contributed by atoms with van der Waals surface area (Å²) in [4.78, 5) is 13.1. The van der Waals surface area contributed by atoms with Crippen molar-refractivity contribution >= 4 is 16.0 Å². The number of hydrogen-bond acceptors (Lipinski definition) is 5. The SMILES string of the molecule is O=C(O)C(F)(F)F.O=S(=O)(C1CC1)N1CC[C@H](OCC2CC2)[C@@H]1Cc1cccnc1. The van der Waals surface area contributed by atoms with Gasteiger partial charge in [-0.15, -0.1) is 0 Å². The molecule has 0 spiro atoms. The van der Waals surface area contributed by atoms with Crippen LogP contribution in [0.3, 0.4) is 0 Å². The number of aromatic nitrogens is 1. The van der Waals surface area contributed by atoms with Crippen LogP contribution in [-0.4, -0.2) is 65.5 Å². The van der Waals surface area contributed by atoms with Crippen LogP contribution in [0.5, 0.6) is 0 Å². The number of carbonyl (C=O) groups is 1. The highest BCUT2D eigenvalue weighted by Gasteiger charge is 2.48. The minimum atomic E-state index is -5.08. The van der Waals surface area contributed by atoms with Gasteiger partial charge in [-0.25, -0.2) is 13.2 Å². The van der Waals surface area contributed by atoms with E-state index in [4.69, 9.17) is 14.6 Å². The molecule has 2 heterocycles. The molecule has 0 radical (unpaired) electrons. The van der Waals surface area contributed by atoms with Gasteiger partial charge in [0.15, 0.2) is 0 Å². The third-order valence-electron chi connectivity index (χ3n) is 5.36. The van der Waals surface area contributed by atoms with Gasteiger partial charge in [0.25, 0.3) is 0 Å². The normalized spacial score (nSPS) is 24.9. The lowest BCUT2D eigenvalue weighted by molar-refractivity contribution is -0.192. The summed E-state index contributed by atoms with van der Waals surface area (Å²) in [7, 11) is -3.16. The Hall–Kier alpha value is -1.72. The molecule has 0 bridgehead atoms. The molecule has 0 amide bonds. The summed E-state index contributed by atoms with van der Waals surface area (Å²) in [5, 5.41) is 6.97. The van der Waals surface area contributed by atoms with Gasteiger partial charge in [-0.05, 0) is 56.1 Å². The largest absolute Gasteiger partial charge is 0.490 e. The Morgan fingerprint density at radius 1 is 1.23 bits per heavy atom. The first kappa shape index (κ1) is 23.0. The first-order valence-corrected chi connectivity index (χ1v) is 11.4. The summed E-state index contributed by atoms with van der Waals surface area (Å²) >= 11 is 0. The zero-order valence-electron chi connectivity index (χ0n) is 16.3. The molecule has 1 aromatic heterocycles. The standard InChI is InChI=1S/C17H24N2O3S.C2HF3O2/c20-23(21,15-5-6-15)19-9-7-17(22-12-13-3-4-13)16(19)10-14-2-1-8-18-11-14;3-2(4,5)1(6)7/h1-2,8,11,13,15-17H,3-7,9-10,12H2;(H,6,7)/t16-,17-;/m0./s1. The monoisotopic (exact) mass is 450 g/mol. The lowest BCUT2D eigenvalue weighted by atomic mass is 10.0. The smallest absolute Gasteiger partial charge is 0.475 e. The average Bonchev–Trinajstić information content (AvgIpc) is 3.59. The van der Waals surface area contributed by atoms with Crippen LogP contribution in [-0.2, 0) is 26.0 Å². The molecule has 2 atom stereocenters. The van der Waals surface area contributed by atoms with Gasteiger partial charge in [0.2, 0.25) is 10.0 Å². The Morgan fingerprint density at radius 2 is 1.90 bits per heavy atom. The average molecular weight is 450 g/mol. The van der Waals surface area contributed by atoms with E-state index in [1.807, 2.05) is 18.3 Å². The van der Waals surface area contributed by atoms with E-state index in [1.165, 1.54) is 12.8 Å². The van der Waals surface area contributed by atoms with Crippen molar-refractivity contribution in [2.75, 3.05) is 13.2 Å². The molecule has 4 rings (SSSR count). The van der Waals surface area contributed by atoms with Crippen LogP contribution < -0.4 is 0 Å². The maximum Gasteiger partial charge on any atom is 0.490 e. The maximum absolute atomic E-state index is 12.7. The van der Waals surface area contributed by atoms with Crippen molar-refractivity contribution in [2.45, 2.75) is 62.1 Å². The van der Waals surface area contributed by atoms with Crippen molar-refractivity contribution in [3.05, 3.63) is 30.1 Å². The molecule has 2 aliphatic carbocycles. The number of aliphatic carboxylic acids is 1. The van der Waals surface area contributed by atoms with E-state index in [0.29, 0.717) is 18.9 Å². The molecule has 0 unspecified atom stereocenters. The van der Waals surface area contributed by atoms with E-state index in [-0.39, 0.29) is 17.4 Å². The number of halogens is 3. The molecule has 7 nitrogen and oxygen atoms in total. The number of carboxylic acids is 1. The topological polar surface area (TPSA) is 96.8 Å². The van der Waals surface area contributed by atoms with E-state index < -0.39 is 22.2 Å². The van der Waals surface area contributed by atoms with Crippen LogP contribution in [0, 0.1) is 5.92 Å². The molecular weight excluding hydrogens is 425 g/mol. The molecule has 3 aliphatic rings. The molecule has 2 saturated carbocycles. The predicted molar refractivity (Wildman–Crippen MR) is 101 cm³/mol. The second-order valence-corrected chi connectivity index (χ2v) is 10.1. The van der Waals surface area contributed by atoms with Gasteiger partial charge < -0.3 is 9.84 Å². The van der Waals surface area contributed by atoms with E-state index in [2.05, 4.69) is 4.98 Å². The quantitative estimate of drug-likeness (QED) is 0.686. The summed E-state index contributed by atoms with van der Waals surface area (Å²) in [6.07, 6.45) is 4.14. The van der Waals surface area contributed by atoms with Crippen LogP contribution in [0.15, 0.2) is 24.5 Å². The van der Waals surface area contributed by atoms with E-state index in [0.717, 1.165) is 31.4 Å². The number of nitrogens with zero attached hydrogens (tertiary/aromatic N) is 2. The Balaban J connectivity index is 0.000000318. The van der Waals surface area contributed by atoms with Gasteiger partial charge in [0.1, 0.15) is 0 Å². The fourth-order valence-electron chi connectivity index (χ4n) is 3.40. The van der Waals surface area contributed by atoms with Gasteiger partial charge in [0, 0.05) is 25.5 Å². The number of pyridine rings is 1. The number of ether oxygens (including phenoxy) is 1. The summed E-state index contributed by atoms with van der Waals surface area (Å²) < 4.78 is 65.1. The molecule has 1 saturated heterocycles. The summed E-state index contributed by atoms with van der Waals surface area (Å²) in [6.45, 7) is 1.38. The highest BCUT2D eigenvalue weighted by Crippen LogP contribution is 2.37. The third kappa shape index (κ3) is 6.14. The number of rotatable bonds is 7. The van der Waals surface area contributed by atoms with E-state index in [1.54, 1.807) is 10.5 Å². The molecule has 1 aromatic rings. The van der Waals surface area contributed by atoms with E-state index in [9.17, 15) is 21.6 Å². The second-order valence-electron chi connectivity index (χ2n) is 7.89. The lowest BCUT2D eigenvalue weighted by Crippen LogP contribution is -2.43. The Labute approximate surface area is 173 Å². The van der Waals surface area contributed by atoms with Crippen LogP contribution in [0.1, 0.15) is 37.7 Å². The van der Waals surface area contributed by atoms with E-state index >= 15 is 0 Å². The molecule has 1 aliphatic heterocycles. The van der Waals surface area contributed by atoms with Gasteiger partial charge >= 0.3 is 12.1 Å². The van der Waals surface area contributed by atoms with Crippen LogP contribution in [0.4, 0.5) is 13.2 Å². The number of alkyl halides is 3. The fraction of sp³-hybridized carbons (Fsp3) is 0.684. The summed E-state index contributed by atoms with van der Waals surface area (Å²) in [5.41, 5.74) is 1.08. The van der Waals surface area contributed by atoms with Crippen molar-refractivity contribution in [3.63, 3.8) is 0 Å². The predicted octanol–water partition coefficient (Wildman–Crippen LogP) is 2.62. The highest BCUT2D eigenvalue weighted by molar-refractivity contribution is 7.90. The number of carboxylic acid groups (broad SMARTS) is 1. The summed E-state index contributed by atoms with van der Waals surface area (Å²) in [5.74, 6) is -2.06. The third-order valence-corrected chi connectivity index (χ3v) is 7.78. The zero-order chi connectivity index (χ0) is 21.9. The number of hydrogen-bond donors (Lipinski definition) is 1. The zero-order valence-corrected chi connectivity index (χ0v) is 17.1. The van der Waals surface area contributed by atoms with Crippen LogP contribution in [0.25, 0.3) is 0 Å². The second kappa shape index (κ2) is 9.19. The molecule has 3 fully saturated rings. The van der Waals surface area contributed by atoms with Crippen LogP contribution in [0.2, 0.25) is 0 Å². The minimum Gasteiger partial charge on any atom is -0.475 e. The minimum absolute atomic E-state index is 0.0179. The Morgan fingerprint density at radius 3 is 2.40 bits per heavy atom. The van der Waals surface area contributed by atoms with Crippen molar-refractivity contribution < 1.29 is 36.2 Å². The van der Waals surface area contributed by atoms with Crippen molar-refractivity contribution in [3.8, 4) is 0 Å². The molecule has 30 heavy (non-hydrogen) atoms. The molecule has 0 aromatic carbocycles. The van der Waals surface area contributed by atoms with Gasteiger partial charge in [0.05, 0.1) is 17.4 Å². The van der Waals surface area contributed by atoms with Gasteiger partial charge in [-0.2, -0.15) is 17.5 Å². The highest BCUT2D eigenvalue weighted by atomic mass is 32.2. The van der Waals surface area contributed by atoms with Crippen LogP contribution >= 0.6 is 0 Å². The molecule has 11 heteroatoms. The maximum atomic E-state index is 12.7. The fourth-order valence-corrected chi connectivity index (χ4v) is 5.47. The van der Waals surface area contributed by atoms with Crippen molar-refractivity contribution in [1.82, 2.24) is 9.29 Å². The summed E-state index contributed by atoms with van der Waals surface area (Å²) in [6, 6.07) is 3.85. The Bertz CT molecular complexity index is 826. The Kier molecular flexibility index (Phi) is 7.03. The first-order valence-electron chi connectivity index (χ1n) is 9.90. The first-order chi connectivity index (χ1) is 14.1. The number of sulfonamides is 1. The molecule has 168 valence electrons. The molecular formula is C19H25F3N2O5S. The lowest BCUT2D eigenvalue weighted by Gasteiger charge is -2.28. The van der Waals surface area contributed by atoms with Crippen molar-refractivity contribution in [1.29, 1.82) is 0 Å². The van der Waals surface area contributed by atoms with Gasteiger partial charge in [-0.1, -0.05) is 6.07 Å². The van der Waals surface area contributed by atoms with Gasteiger partial charge in [-0.3, -0.25) is 4.98 Å². The molecule has 1 N–H and O–H groups in total. The van der Waals surface area contributed by atoms with Crippen molar-refractivity contribution in [2.24, 2.45) is 5.92 Å².